The Bertz CT molecular complexity index is 894. The van der Waals surface area contributed by atoms with Gasteiger partial charge in [-0.3, -0.25) is 0 Å². The van der Waals surface area contributed by atoms with Gasteiger partial charge in [0, 0.05) is 24.2 Å². The Morgan fingerprint density at radius 3 is 2.82 bits per heavy atom. The molecule has 1 aliphatic rings. The van der Waals surface area contributed by atoms with Gasteiger partial charge in [0.15, 0.2) is 0 Å². The summed E-state index contributed by atoms with van der Waals surface area (Å²) in [5.74, 6) is 0.861. The van der Waals surface area contributed by atoms with E-state index in [1.807, 2.05) is 12.1 Å². The summed E-state index contributed by atoms with van der Waals surface area (Å²) in [6.45, 7) is 3.89. The number of aryl methyl sites for hydroxylation is 1. The van der Waals surface area contributed by atoms with Gasteiger partial charge < -0.3 is 15.4 Å². The summed E-state index contributed by atoms with van der Waals surface area (Å²) in [5, 5.41) is 18.8. The van der Waals surface area contributed by atoms with Crippen LogP contribution in [0.15, 0.2) is 48.8 Å². The minimum atomic E-state index is 0.308. The number of piperidine rings is 1. The Hall–Kier alpha value is -2.77. The molecule has 0 spiro atoms. The molecule has 1 aromatic heterocycles. The topological polar surface area (TPSA) is 76.9 Å². The highest BCUT2D eigenvalue weighted by Crippen LogP contribution is 2.26. The number of ether oxygens (including phenoxy) is 1. The molecule has 0 unspecified atom stereocenters. The van der Waals surface area contributed by atoms with Gasteiger partial charge in [-0.1, -0.05) is 29.8 Å². The van der Waals surface area contributed by atoms with Gasteiger partial charge >= 0.3 is 0 Å². The zero-order valence-corrected chi connectivity index (χ0v) is 16.3. The number of benzene rings is 2. The molecule has 2 heterocycles. The van der Waals surface area contributed by atoms with E-state index >= 15 is 0 Å². The minimum Gasteiger partial charge on any atom is -0.496 e. The van der Waals surface area contributed by atoms with Crippen LogP contribution in [0.4, 0.5) is 0 Å². The van der Waals surface area contributed by atoms with E-state index in [0.717, 1.165) is 30.0 Å². The number of aromatic nitrogens is 4. The Balaban J connectivity index is 1.52. The summed E-state index contributed by atoms with van der Waals surface area (Å²) in [7, 11) is 1.70. The molecule has 0 radical (unpaired) electrons. The molecule has 0 aliphatic carbocycles. The standard InChI is InChI=1S/C21H26N6O/c1-15-5-7-16(8-6-15)21-19(4-3-11-22-21)23-13-17-12-18(9-10-20(17)28-2)27-14-24-25-26-27/h5-10,12,14,19,21-23H,3-4,11,13H2,1-2H3/t19-,21-/m1/s1. The summed E-state index contributed by atoms with van der Waals surface area (Å²) in [6.07, 6.45) is 3.90. The predicted octanol–water partition coefficient (Wildman–Crippen LogP) is 2.56. The van der Waals surface area contributed by atoms with Gasteiger partial charge in [-0.15, -0.1) is 5.10 Å². The third-order valence-corrected chi connectivity index (χ3v) is 5.33. The highest BCUT2D eigenvalue weighted by atomic mass is 16.5. The van der Waals surface area contributed by atoms with Crippen LogP contribution < -0.4 is 15.4 Å². The number of nitrogens with one attached hydrogen (secondary N) is 2. The molecule has 146 valence electrons. The van der Waals surface area contributed by atoms with Crippen LogP contribution in [0.25, 0.3) is 5.69 Å². The van der Waals surface area contributed by atoms with Crippen molar-refractivity contribution in [1.82, 2.24) is 30.8 Å². The molecule has 0 saturated carbocycles. The van der Waals surface area contributed by atoms with E-state index in [0.29, 0.717) is 18.6 Å². The molecule has 1 saturated heterocycles. The second kappa shape index (κ2) is 8.50. The molecule has 0 amide bonds. The Kier molecular flexibility index (Phi) is 5.64. The van der Waals surface area contributed by atoms with Crippen molar-refractivity contribution in [2.24, 2.45) is 0 Å². The highest BCUT2D eigenvalue weighted by Gasteiger charge is 2.26. The molecule has 2 atom stereocenters. The fourth-order valence-electron chi connectivity index (χ4n) is 3.80. The first kappa shape index (κ1) is 18.6. The maximum absolute atomic E-state index is 5.57. The average molecular weight is 378 g/mol. The van der Waals surface area contributed by atoms with Crippen LogP contribution >= 0.6 is 0 Å². The van der Waals surface area contributed by atoms with E-state index < -0.39 is 0 Å². The van der Waals surface area contributed by atoms with Gasteiger partial charge in [-0.2, -0.15) is 0 Å². The molecule has 7 heteroatoms. The monoisotopic (exact) mass is 378 g/mol. The fraction of sp³-hybridized carbons (Fsp3) is 0.381. The lowest BCUT2D eigenvalue weighted by atomic mass is 9.91. The zero-order valence-electron chi connectivity index (χ0n) is 16.3. The summed E-state index contributed by atoms with van der Waals surface area (Å²) in [5.41, 5.74) is 4.62. The summed E-state index contributed by atoms with van der Waals surface area (Å²) >= 11 is 0. The number of rotatable bonds is 6. The highest BCUT2D eigenvalue weighted by molar-refractivity contribution is 5.43. The van der Waals surface area contributed by atoms with Crippen molar-refractivity contribution >= 4 is 0 Å². The van der Waals surface area contributed by atoms with Crippen LogP contribution in [0.5, 0.6) is 5.75 Å². The van der Waals surface area contributed by atoms with Crippen molar-refractivity contribution in [2.45, 2.75) is 38.4 Å². The van der Waals surface area contributed by atoms with Crippen LogP contribution in [0.3, 0.4) is 0 Å². The Morgan fingerprint density at radius 1 is 1.21 bits per heavy atom. The Morgan fingerprint density at radius 2 is 2.07 bits per heavy atom. The lowest BCUT2D eigenvalue weighted by Gasteiger charge is -2.34. The molecule has 1 aliphatic heterocycles. The van der Waals surface area contributed by atoms with Gasteiger partial charge in [0.25, 0.3) is 0 Å². The average Bonchev–Trinajstić information content (AvgIpc) is 3.28. The first-order valence-electron chi connectivity index (χ1n) is 9.68. The molecule has 28 heavy (non-hydrogen) atoms. The van der Waals surface area contributed by atoms with E-state index in [4.69, 9.17) is 4.74 Å². The summed E-state index contributed by atoms with van der Waals surface area (Å²) < 4.78 is 7.22. The molecule has 0 bridgehead atoms. The molecular formula is C21H26N6O. The third kappa shape index (κ3) is 4.05. The van der Waals surface area contributed by atoms with Gasteiger partial charge in [0.2, 0.25) is 0 Å². The van der Waals surface area contributed by atoms with Crippen molar-refractivity contribution in [3.05, 3.63) is 65.5 Å². The number of hydrogen-bond acceptors (Lipinski definition) is 6. The van der Waals surface area contributed by atoms with E-state index in [2.05, 4.69) is 63.4 Å². The van der Waals surface area contributed by atoms with Crippen LogP contribution in [0.2, 0.25) is 0 Å². The van der Waals surface area contributed by atoms with E-state index in [-0.39, 0.29) is 0 Å². The third-order valence-electron chi connectivity index (χ3n) is 5.33. The molecular weight excluding hydrogens is 352 g/mol. The van der Waals surface area contributed by atoms with E-state index in [1.54, 1.807) is 18.1 Å². The lowest BCUT2D eigenvalue weighted by molar-refractivity contribution is 0.303. The maximum Gasteiger partial charge on any atom is 0.143 e. The molecule has 1 fully saturated rings. The second-order valence-corrected chi connectivity index (χ2v) is 7.22. The quantitative estimate of drug-likeness (QED) is 0.687. The first-order valence-corrected chi connectivity index (χ1v) is 9.68. The molecule has 2 aromatic carbocycles. The van der Waals surface area contributed by atoms with Crippen LogP contribution in [0, 0.1) is 6.92 Å². The second-order valence-electron chi connectivity index (χ2n) is 7.22. The molecule has 3 aromatic rings. The zero-order chi connectivity index (χ0) is 19.3. The van der Waals surface area contributed by atoms with Gasteiger partial charge in [-0.25, -0.2) is 4.68 Å². The van der Waals surface area contributed by atoms with Crippen LogP contribution in [-0.2, 0) is 6.54 Å². The van der Waals surface area contributed by atoms with Crippen LogP contribution in [0.1, 0.15) is 35.6 Å². The SMILES string of the molecule is COc1ccc(-n2cnnn2)cc1CN[C@@H]1CCCN[C@@H]1c1ccc(C)cc1. The fourth-order valence-corrected chi connectivity index (χ4v) is 3.80. The van der Waals surface area contributed by atoms with Crippen LogP contribution in [-0.4, -0.2) is 39.9 Å². The summed E-state index contributed by atoms with van der Waals surface area (Å²) in [6, 6.07) is 15.5. The smallest absolute Gasteiger partial charge is 0.143 e. The Labute approximate surface area is 165 Å². The van der Waals surface area contributed by atoms with E-state index in [1.165, 1.54) is 17.5 Å². The van der Waals surface area contributed by atoms with Crippen molar-refractivity contribution in [3.8, 4) is 11.4 Å². The van der Waals surface area contributed by atoms with Crippen molar-refractivity contribution in [3.63, 3.8) is 0 Å². The number of tetrazole rings is 1. The number of hydrogen-bond donors (Lipinski definition) is 2. The summed E-state index contributed by atoms with van der Waals surface area (Å²) in [4.78, 5) is 0. The normalized spacial score (nSPS) is 19.5. The largest absolute Gasteiger partial charge is 0.496 e. The van der Waals surface area contributed by atoms with Crippen molar-refractivity contribution < 1.29 is 4.74 Å². The minimum absolute atomic E-state index is 0.308. The van der Waals surface area contributed by atoms with Gasteiger partial charge in [0.05, 0.1) is 12.8 Å². The van der Waals surface area contributed by atoms with Gasteiger partial charge in [-0.05, 0) is 60.5 Å². The molecule has 7 nitrogen and oxygen atoms in total. The number of nitrogens with zero attached hydrogens (tertiary/aromatic N) is 4. The van der Waals surface area contributed by atoms with Crippen molar-refractivity contribution in [1.29, 1.82) is 0 Å². The lowest BCUT2D eigenvalue weighted by Crippen LogP contribution is -2.45. The maximum atomic E-state index is 5.57. The predicted molar refractivity (Wildman–Crippen MR) is 107 cm³/mol. The molecule has 2 N–H and O–H groups in total. The van der Waals surface area contributed by atoms with Crippen molar-refractivity contribution in [2.75, 3.05) is 13.7 Å². The first-order chi connectivity index (χ1) is 13.7. The number of methoxy groups -OCH3 is 1. The molecule has 4 rings (SSSR count). The van der Waals surface area contributed by atoms with E-state index in [9.17, 15) is 0 Å². The van der Waals surface area contributed by atoms with Gasteiger partial charge in [0.1, 0.15) is 12.1 Å².